The molecule has 0 aliphatic carbocycles. The van der Waals surface area contributed by atoms with Gasteiger partial charge in [-0.25, -0.2) is 4.98 Å². The van der Waals surface area contributed by atoms with Gasteiger partial charge in [-0.3, -0.25) is 9.80 Å². The Bertz CT molecular complexity index is 929. The Labute approximate surface area is 166 Å². The second-order valence-electron chi connectivity index (χ2n) is 7.66. The van der Waals surface area contributed by atoms with Crippen molar-refractivity contribution < 1.29 is 4.42 Å². The molecule has 28 heavy (non-hydrogen) atoms. The quantitative estimate of drug-likeness (QED) is 0.739. The Balaban J connectivity index is 1.16. The van der Waals surface area contributed by atoms with Crippen LogP contribution in [-0.2, 0) is 19.5 Å². The van der Waals surface area contributed by atoms with Crippen LogP contribution in [0.3, 0.4) is 0 Å². The van der Waals surface area contributed by atoms with E-state index in [9.17, 15) is 0 Å². The molecule has 2 aromatic carbocycles. The van der Waals surface area contributed by atoms with Crippen LogP contribution in [0.2, 0.25) is 0 Å². The third-order valence-corrected chi connectivity index (χ3v) is 5.76. The van der Waals surface area contributed by atoms with Crippen molar-refractivity contribution in [2.24, 2.45) is 0 Å². The predicted octanol–water partition coefficient (Wildman–Crippen LogP) is 3.63. The average Bonchev–Trinajstić information content (AvgIpc) is 3.40. The van der Waals surface area contributed by atoms with E-state index in [0.717, 1.165) is 69.4 Å². The van der Waals surface area contributed by atoms with E-state index in [4.69, 9.17) is 4.42 Å². The maximum absolute atomic E-state index is 5.97. The number of nitrogens with one attached hydrogen (secondary N) is 1. The van der Waals surface area contributed by atoms with Crippen molar-refractivity contribution in [2.45, 2.75) is 19.5 Å². The first kappa shape index (κ1) is 17.5. The van der Waals surface area contributed by atoms with Crippen LogP contribution in [0.4, 0.5) is 5.69 Å². The minimum atomic E-state index is 0.781. The summed E-state index contributed by atoms with van der Waals surface area (Å²) in [6.07, 6.45) is 2.99. The van der Waals surface area contributed by atoms with Gasteiger partial charge in [0.1, 0.15) is 0 Å². The van der Waals surface area contributed by atoms with Gasteiger partial charge < -0.3 is 9.73 Å². The number of hydrogen-bond acceptors (Lipinski definition) is 5. The number of para-hydroxylation sites is 1. The molecule has 0 atom stereocenters. The van der Waals surface area contributed by atoms with Crippen molar-refractivity contribution in [3.63, 3.8) is 0 Å². The molecule has 1 aromatic heterocycles. The maximum atomic E-state index is 5.97. The lowest BCUT2D eigenvalue weighted by molar-refractivity contribution is 0.115. The first-order valence-corrected chi connectivity index (χ1v) is 10.1. The van der Waals surface area contributed by atoms with Crippen LogP contribution in [0, 0.1) is 0 Å². The molecule has 5 nitrogen and oxygen atoms in total. The molecule has 0 spiro atoms. The topological polar surface area (TPSA) is 44.5 Å². The molecule has 0 unspecified atom stereocenters. The fraction of sp³-hybridized carbons (Fsp3) is 0.348. The molecule has 5 heteroatoms. The van der Waals surface area contributed by atoms with E-state index >= 15 is 0 Å². The lowest BCUT2D eigenvalue weighted by Crippen LogP contribution is -2.45. The minimum absolute atomic E-state index is 0.781. The zero-order chi connectivity index (χ0) is 18.8. The van der Waals surface area contributed by atoms with E-state index in [1.807, 2.05) is 24.4 Å². The van der Waals surface area contributed by atoms with Gasteiger partial charge in [-0.1, -0.05) is 48.5 Å². The molecule has 2 aliphatic rings. The second-order valence-corrected chi connectivity index (χ2v) is 7.66. The van der Waals surface area contributed by atoms with Crippen LogP contribution in [-0.4, -0.2) is 47.5 Å². The molecule has 0 saturated carbocycles. The summed E-state index contributed by atoms with van der Waals surface area (Å²) in [7, 11) is 0. The molecular weight excluding hydrogens is 348 g/mol. The standard InChI is InChI=1S/C23H26N4O/c1-2-5-18(6-3-1)21-15-25-22(28-21)17-27-13-11-26(12-14-27)16-20-8-4-7-19-9-10-24-23(19)20/h1-8,15,24H,9-14,16-17H2. The molecule has 5 rings (SSSR count). The molecule has 1 saturated heterocycles. The van der Waals surface area contributed by atoms with E-state index in [0.29, 0.717) is 0 Å². The van der Waals surface area contributed by atoms with Crippen LogP contribution in [0.25, 0.3) is 11.3 Å². The highest BCUT2D eigenvalue weighted by molar-refractivity contribution is 5.61. The summed E-state index contributed by atoms with van der Waals surface area (Å²) in [5.41, 5.74) is 5.35. The van der Waals surface area contributed by atoms with Crippen molar-refractivity contribution in [3.8, 4) is 11.3 Å². The van der Waals surface area contributed by atoms with Gasteiger partial charge in [0.15, 0.2) is 5.76 Å². The third kappa shape index (κ3) is 3.68. The molecule has 0 radical (unpaired) electrons. The van der Waals surface area contributed by atoms with Crippen molar-refractivity contribution in [1.29, 1.82) is 0 Å². The molecule has 1 fully saturated rings. The summed E-state index contributed by atoms with van der Waals surface area (Å²) in [6.45, 7) is 7.13. The molecule has 1 N–H and O–H groups in total. The molecular formula is C23H26N4O. The van der Waals surface area contributed by atoms with E-state index in [2.05, 4.69) is 50.4 Å². The summed E-state index contributed by atoms with van der Waals surface area (Å²) in [4.78, 5) is 9.47. The van der Waals surface area contributed by atoms with Crippen molar-refractivity contribution in [1.82, 2.24) is 14.8 Å². The van der Waals surface area contributed by atoms with Crippen LogP contribution in [0.1, 0.15) is 17.0 Å². The lowest BCUT2D eigenvalue weighted by Gasteiger charge is -2.34. The molecule has 0 amide bonds. The lowest BCUT2D eigenvalue weighted by atomic mass is 10.1. The zero-order valence-electron chi connectivity index (χ0n) is 16.1. The number of benzene rings is 2. The molecule has 0 bridgehead atoms. The van der Waals surface area contributed by atoms with Gasteiger partial charge >= 0.3 is 0 Å². The van der Waals surface area contributed by atoms with Gasteiger partial charge in [0.2, 0.25) is 5.89 Å². The van der Waals surface area contributed by atoms with Crippen LogP contribution >= 0.6 is 0 Å². The summed E-state index contributed by atoms with van der Waals surface area (Å²) in [5, 5.41) is 3.56. The summed E-state index contributed by atoms with van der Waals surface area (Å²) >= 11 is 0. The fourth-order valence-electron chi connectivity index (χ4n) is 4.20. The van der Waals surface area contributed by atoms with Gasteiger partial charge in [-0.15, -0.1) is 0 Å². The largest absolute Gasteiger partial charge is 0.439 e. The molecule has 144 valence electrons. The maximum Gasteiger partial charge on any atom is 0.209 e. The highest BCUT2D eigenvalue weighted by atomic mass is 16.4. The minimum Gasteiger partial charge on any atom is -0.439 e. The van der Waals surface area contributed by atoms with Gasteiger partial charge in [-0.2, -0.15) is 0 Å². The number of aromatic nitrogens is 1. The summed E-state index contributed by atoms with van der Waals surface area (Å²) in [6, 6.07) is 16.9. The first-order chi connectivity index (χ1) is 13.8. The second kappa shape index (κ2) is 7.78. The van der Waals surface area contributed by atoms with Crippen molar-refractivity contribution in [2.75, 3.05) is 38.0 Å². The highest BCUT2D eigenvalue weighted by Gasteiger charge is 2.21. The first-order valence-electron chi connectivity index (χ1n) is 10.1. The summed E-state index contributed by atoms with van der Waals surface area (Å²) < 4.78 is 5.97. The number of oxazole rings is 1. The van der Waals surface area contributed by atoms with Gasteiger partial charge in [0, 0.05) is 50.5 Å². The smallest absolute Gasteiger partial charge is 0.209 e. The highest BCUT2D eigenvalue weighted by Crippen LogP contribution is 2.27. The van der Waals surface area contributed by atoms with Crippen molar-refractivity contribution in [3.05, 3.63) is 71.7 Å². The number of rotatable bonds is 5. The van der Waals surface area contributed by atoms with Gasteiger partial charge in [-0.05, 0) is 17.5 Å². The fourth-order valence-corrected chi connectivity index (χ4v) is 4.20. The summed E-state index contributed by atoms with van der Waals surface area (Å²) in [5.74, 6) is 1.65. The number of anilines is 1. The number of fused-ring (bicyclic) bond motifs is 1. The molecule has 3 aromatic rings. The Morgan fingerprint density at radius 3 is 2.50 bits per heavy atom. The van der Waals surface area contributed by atoms with E-state index in [-0.39, 0.29) is 0 Å². The Morgan fingerprint density at radius 2 is 1.68 bits per heavy atom. The monoisotopic (exact) mass is 374 g/mol. The SMILES string of the molecule is c1ccc(-c2cnc(CN3CCN(Cc4cccc5c4NCC5)CC3)o2)cc1. The number of nitrogens with zero attached hydrogens (tertiary/aromatic N) is 3. The Morgan fingerprint density at radius 1 is 0.893 bits per heavy atom. The van der Waals surface area contributed by atoms with E-state index < -0.39 is 0 Å². The third-order valence-electron chi connectivity index (χ3n) is 5.76. The van der Waals surface area contributed by atoms with Crippen molar-refractivity contribution >= 4 is 5.69 Å². The zero-order valence-corrected chi connectivity index (χ0v) is 16.1. The Hall–Kier alpha value is -2.63. The van der Waals surface area contributed by atoms with Gasteiger partial charge in [0.05, 0.1) is 12.7 Å². The van der Waals surface area contributed by atoms with Crippen LogP contribution < -0.4 is 5.32 Å². The average molecular weight is 374 g/mol. The molecule has 2 aliphatic heterocycles. The number of hydrogen-bond donors (Lipinski definition) is 1. The predicted molar refractivity (Wildman–Crippen MR) is 111 cm³/mol. The number of piperazine rings is 1. The normalized spacial score (nSPS) is 17.4. The van der Waals surface area contributed by atoms with E-state index in [1.54, 1.807) is 0 Å². The van der Waals surface area contributed by atoms with Crippen LogP contribution in [0.15, 0.2) is 59.1 Å². The molecule has 3 heterocycles. The van der Waals surface area contributed by atoms with Crippen LogP contribution in [0.5, 0.6) is 0 Å². The Kier molecular flexibility index (Phi) is 4.85. The van der Waals surface area contributed by atoms with E-state index in [1.165, 1.54) is 16.8 Å². The van der Waals surface area contributed by atoms with Gasteiger partial charge in [0.25, 0.3) is 0 Å².